The maximum atomic E-state index is 12.9. The Morgan fingerprint density at radius 1 is 0.885 bits per heavy atom. The van der Waals surface area contributed by atoms with Crippen LogP contribution in [-0.4, -0.2) is 13.4 Å². The Bertz CT molecular complexity index is 1180. The smallest absolute Gasteiger partial charge is 0.183 e. The first-order chi connectivity index (χ1) is 12.5. The van der Waals surface area contributed by atoms with Crippen LogP contribution in [0.4, 0.5) is 0 Å². The molecule has 0 unspecified atom stereocenters. The minimum absolute atomic E-state index is 0.0261. The molecule has 0 atom stereocenters. The van der Waals surface area contributed by atoms with Crippen molar-refractivity contribution < 1.29 is 8.42 Å². The largest absolute Gasteiger partial charge is 0.241 e. The van der Waals surface area contributed by atoms with Gasteiger partial charge < -0.3 is 0 Å². The van der Waals surface area contributed by atoms with Crippen LogP contribution >= 0.6 is 11.3 Å². The van der Waals surface area contributed by atoms with E-state index in [1.165, 1.54) is 11.3 Å². The molecule has 3 nitrogen and oxygen atoms in total. The monoisotopic (exact) mass is 379 g/mol. The number of rotatable bonds is 4. The number of hydrogen-bond donors (Lipinski definition) is 0. The third-order valence-corrected chi connectivity index (χ3v) is 7.34. The normalized spacial score (nSPS) is 11.7. The number of sulfone groups is 1. The maximum absolute atomic E-state index is 12.9. The third-order valence-electron chi connectivity index (χ3n) is 4.31. The lowest BCUT2D eigenvalue weighted by Crippen LogP contribution is -2.04. The van der Waals surface area contributed by atoms with Crippen LogP contribution in [0.5, 0.6) is 0 Å². The second-order valence-corrected chi connectivity index (χ2v) is 9.23. The molecule has 0 fully saturated rings. The van der Waals surface area contributed by atoms with E-state index < -0.39 is 9.84 Å². The molecule has 0 aliphatic rings. The highest BCUT2D eigenvalue weighted by Crippen LogP contribution is 2.31. The quantitative estimate of drug-likeness (QED) is 0.487. The van der Waals surface area contributed by atoms with E-state index in [0.29, 0.717) is 4.90 Å². The average molecular weight is 380 g/mol. The van der Waals surface area contributed by atoms with Gasteiger partial charge in [-0.2, -0.15) is 0 Å². The Morgan fingerprint density at radius 2 is 1.58 bits per heavy atom. The summed E-state index contributed by atoms with van der Waals surface area (Å²) in [5.41, 5.74) is 1.79. The Balaban J connectivity index is 1.68. The van der Waals surface area contributed by atoms with E-state index in [4.69, 9.17) is 0 Å². The number of aromatic nitrogens is 1. The van der Waals surface area contributed by atoms with Gasteiger partial charge in [0.25, 0.3) is 0 Å². The molecule has 0 aliphatic heterocycles. The lowest BCUT2D eigenvalue weighted by atomic mass is 10.1. The summed E-state index contributed by atoms with van der Waals surface area (Å²) in [6.07, 6.45) is 0. The van der Waals surface area contributed by atoms with Crippen molar-refractivity contribution in [2.75, 3.05) is 0 Å². The van der Waals surface area contributed by atoms with E-state index >= 15 is 0 Å². The molecular formula is C21H17NO2S2. The van der Waals surface area contributed by atoms with Crippen LogP contribution in [0.15, 0.2) is 77.7 Å². The highest BCUT2D eigenvalue weighted by Gasteiger charge is 2.20. The molecule has 4 aromatic rings. The van der Waals surface area contributed by atoms with Crippen LogP contribution in [0.2, 0.25) is 0 Å². The van der Waals surface area contributed by atoms with Gasteiger partial charge in [-0.3, -0.25) is 0 Å². The zero-order valence-corrected chi connectivity index (χ0v) is 15.8. The molecule has 0 spiro atoms. The molecular weight excluding hydrogens is 362 g/mol. The van der Waals surface area contributed by atoms with Gasteiger partial charge in [-0.15, -0.1) is 11.3 Å². The highest BCUT2D eigenvalue weighted by molar-refractivity contribution is 7.90. The number of fused-ring (bicyclic) bond motifs is 1. The summed E-state index contributed by atoms with van der Waals surface area (Å²) >= 11 is 1.45. The number of thiazole rings is 1. The van der Waals surface area contributed by atoms with Gasteiger partial charge in [-0.1, -0.05) is 60.7 Å². The molecule has 0 N–H and O–H groups in total. The maximum Gasteiger partial charge on any atom is 0.183 e. The molecule has 0 saturated carbocycles. The Morgan fingerprint density at radius 3 is 2.35 bits per heavy atom. The standard InChI is InChI=1S/C21H17NO2S2/c1-15-20(25-21(22-15)17-8-3-2-4-9-17)14-26(23,24)19-12-11-16-7-5-6-10-18(16)13-19/h2-13H,14H2,1H3. The van der Waals surface area contributed by atoms with Crippen molar-refractivity contribution in [1.82, 2.24) is 4.98 Å². The van der Waals surface area contributed by atoms with Crippen molar-refractivity contribution >= 4 is 31.9 Å². The van der Waals surface area contributed by atoms with Crippen LogP contribution in [0.3, 0.4) is 0 Å². The molecule has 3 aromatic carbocycles. The lowest BCUT2D eigenvalue weighted by molar-refractivity contribution is 0.595. The van der Waals surface area contributed by atoms with E-state index in [-0.39, 0.29) is 5.75 Å². The van der Waals surface area contributed by atoms with E-state index in [1.807, 2.05) is 67.6 Å². The molecule has 1 aromatic heterocycles. The number of hydrogen-bond acceptors (Lipinski definition) is 4. The van der Waals surface area contributed by atoms with Crippen molar-refractivity contribution in [2.45, 2.75) is 17.6 Å². The van der Waals surface area contributed by atoms with Crippen molar-refractivity contribution in [3.63, 3.8) is 0 Å². The fourth-order valence-electron chi connectivity index (χ4n) is 2.88. The predicted molar refractivity (Wildman–Crippen MR) is 107 cm³/mol. The molecule has 130 valence electrons. The summed E-state index contributed by atoms with van der Waals surface area (Å²) in [5.74, 6) is -0.0261. The highest BCUT2D eigenvalue weighted by atomic mass is 32.2. The summed E-state index contributed by atoms with van der Waals surface area (Å²) in [7, 11) is -3.43. The van der Waals surface area contributed by atoms with Crippen LogP contribution in [0, 0.1) is 6.92 Å². The molecule has 0 aliphatic carbocycles. The molecule has 0 bridgehead atoms. The van der Waals surface area contributed by atoms with E-state index in [9.17, 15) is 8.42 Å². The van der Waals surface area contributed by atoms with Gasteiger partial charge in [0, 0.05) is 10.4 Å². The molecule has 5 heteroatoms. The van der Waals surface area contributed by atoms with Crippen LogP contribution in [0.25, 0.3) is 21.3 Å². The molecule has 0 radical (unpaired) electrons. The van der Waals surface area contributed by atoms with Gasteiger partial charge >= 0.3 is 0 Å². The minimum atomic E-state index is -3.43. The third kappa shape index (κ3) is 3.28. The summed E-state index contributed by atoms with van der Waals surface area (Å²) in [6, 6.07) is 22.9. The zero-order chi connectivity index (χ0) is 18.1. The van der Waals surface area contributed by atoms with Crippen LogP contribution in [0.1, 0.15) is 10.6 Å². The summed E-state index contributed by atoms with van der Waals surface area (Å²) in [4.78, 5) is 5.70. The first kappa shape index (κ1) is 16.9. The first-order valence-electron chi connectivity index (χ1n) is 8.26. The molecule has 1 heterocycles. The molecule has 26 heavy (non-hydrogen) atoms. The van der Waals surface area contributed by atoms with Crippen LogP contribution < -0.4 is 0 Å². The fourth-order valence-corrected chi connectivity index (χ4v) is 5.75. The topological polar surface area (TPSA) is 47.0 Å². The van der Waals surface area contributed by atoms with Gasteiger partial charge in [-0.05, 0) is 29.8 Å². The van der Waals surface area contributed by atoms with Crippen LogP contribution in [-0.2, 0) is 15.6 Å². The van der Waals surface area contributed by atoms with Crippen molar-refractivity contribution in [1.29, 1.82) is 0 Å². The SMILES string of the molecule is Cc1nc(-c2ccccc2)sc1CS(=O)(=O)c1ccc2ccccc2c1. The van der Waals surface area contributed by atoms with Gasteiger partial charge in [0.15, 0.2) is 9.84 Å². The summed E-state index contributed by atoms with van der Waals surface area (Å²) in [5, 5.41) is 2.82. The number of aryl methyl sites for hydroxylation is 1. The van der Waals surface area contributed by atoms with Gasteiger partial charge in [-0.25, -0.2) is 13.4 Å². The lowest BCUT2D eigenvalue weighted by Gasteiger charge is -2.05. The number of benzene rings is 3. The Labute approximate surface area is 156 Å². The second kappa shape index (κ2) is 6.67. The van der Waals surface area contributed by atoms with Gasteiger partial charge in [0.2, 0.25) is 0 Å². The first-order valence-corrected chi connectivity index (χ1v) is 10.7. The van der Waals surface area contributed by atoms with E-state index in [1.54, 1.807) is 12.1 Å². The molecule has 4 rings (SSSR count). The number of nitrogens with zero attached hydrogens (tertiary/aromatic N) is 1. The van der Waals surface area contributed by atoms with Gasteiger partial charge in [0.1, 0.15) is 5.01 Å². The Hall–Kier alpha value is -2.50. The van der Waals surface area contributed by atoms with Gasteiger partial charge in [0.05, 0.1) is 16.3 Å². The second-order valence-electron chi connectivity index (χ2n) is 6.16. The van der Waals surface area contributed by atoms with Crippen molar-refractivity contribution in [3.05, 3.63) is 83.4 Å². The molecule has 0 amide bonds. The minimum Gasteiger partial charge on any atom is -0.241 e. The average Bonchev–Trinajstić information content (AvgIpc) is 3.02. The predicted octanol–water partition coefficient (Wildman–Crippen LogP) is 5.25. The Kier molecular flexibility index (Phi) is 4.34. The van der Waals surface area contributed by atoms with E-state index in [2.05, 4.69) is 4.98 Å². The summed E-state index contributed by atoms with van der Waals surface area (Å²) < 4.78 is 25.8. The fraction of sp³-hybridized carbons (Fsp3) is 0.0952. The summed E-state index contributed by atoms with van der Waals surface area (Å²) in [6.45, 7) is 1.87. The zero-order valence-electron chi connectivity index (χ0n) is 14.2. The molecule has 0 saturated heterocycles. The van der Waals surface area contributed by atoms with Crippen molar-refractivity contribution in [2.24, 2.45) is 0 Å². The van der Waals surface area contributed by atoms with E-state index in [0.717, 1.165) is 31.9 Å². The van der Waals surface area contributed by atoms with Crippen molar-refractivity contribution in [3.8, 4) is 10.6 Å².